The van der Waals surface area contributed by atoms with Crippen LogP contribution in [0.3, 0.4) is 0 Å². The normalized spacial score (nSPS) is 31.2. The summed E-state index contributed by atoms with van der Waals surface area (Å²) in [4.78, 5) is 56.4. The molecule has 1 aromatic carbocycles. The van der Waals surface area contributed by atoms with Crippen LogP contribution in [0.4, 0.5) is 10.5 Å². The highest BCUT2D eigenvalue weighted by atomic mass is 35.5. The average molecular weight is 798 g/mol. The second-order valence-corrected chi connectivity index (χ2v) is 17.1. The molecule has 0 radical (unpaired) electrons. The average Bonchev–Trinajstić information content (AvgIpc) is 3.81. The first kappa shape index (κ1) is 42.8. The highest BCUT2D eigenvalue weighted by molar-refractivity contribution is 8.76. The topological polar surface area (TPSA) is 156 Å². The Morgan fingerprint density at radius 1 is 1.25 bits per heavy atom. The van der Waals surface area contributed by atoms with E-state index >= 15 is 0 Å². The van der Waals surface area contributed by atoms with Gasteiger partial charge in [-0.15, -0.1) is 0 Å². The monoisotopic (exact) mass is 797 g/mol. The molecule has 294 valence electrons. The predicted molar refractivity (Wildman–Crippen MR) is 206 cm³/mol. The van der Waals surface area contributed by atoms with E-state index in [1.165, 1.54) is 24.0 Å². The molecular formula is C37H52ClN3O10S2. The molecule has 4 rings (SSSR count). The van der Waals surface area contributed by atoms with Crippen molar-refractivity contribution in [3.63, 3.8) is 0 Å². The van der Waals surface area contributed by atoms with Gasteiger partial charge in [0.2, 0.25) is 11.8 Å². The molecule has 2 fully saturated rings. The zero-order valence-electron chi connectivity index (χ0n) is 31.8. The molecule has 0 aliphatic carbocycles. The van der Waals surface area contributed by atoms with Gasteiger partial charge in [0.15, 0.2) is 5.72 Å². The number of halogens is 1. The summed E-state index contributed by atoms with van der Waals surface area (Å²) < 4.78 is 29.2. The Labute approximate surface area is 324 Å². The fourth-order valence-electron chi connectivity index (χ4n) is 6.67. The van der Waals surface area contributed by atoms with E-state index in [2.05, 4.69) is 5.32 Å². The van der Waals surface area contributed by atoms with Crippen LogP contribution >= 0.6 is 33.2 Å². The van der Waals surface area contributed by atoms with E-state index in [0.717, 1.165) is 16.9 Å². The van der Waals surface area contributed by atoms with Crippen LogP contribution in [0.15, 0.2) is 35.9 Å². The molecule has 0 aromatic heterocycles. The number of ether oxygens (including phenoxy) is 5. The summed E-state index contributed by atoms with van der Waals surface area (Å²) in [6, 6.07) is 2.64. The lowest BCUT2D eigenvalue weighted by molar-refractivity contribution is -0.161. The van der Waals surface area contributed by atoms with Crippen LogP contribution in [-0.4, -0.2) is 115 Å². The smallest absolute Gasteiger partial charge is 0.409 e. The van der Waals surface area contributed by atoms with Gasteiger partial charge in [-0.05, 0) is 44.9 Å². The number of aliphatic hydroxyl groups is 1. The number of likely N-dealkylation sites (N-methyl/N-ethyl adjacent to an activating group) is 1. The number of amides is 3. The van der Waals surface area contributed by atoms with Crippen LogP contribution in [0.25, 0.3) is 0 Å². The fraction of sp³-hybridized carbons (Fsp3) is 0.622. The number of anilines is 1. The molecule has 8 atom stereocenters. The lowest BCUT2D eigenvalue weighted by atomic mass is 9.83. The zero-order valence-corrected chi connectivity index (χ0v) is 34.2. The van der Waals surface area contributed by atoms with Gasteiger partial charge >= 0.3 is 12.1 Å². The maximum Gasteiger partial charge on any atom is 0.409 e. The molecular weight excluding hydrogens is 746 g/mol. The Kier molecular flexibility index (Phi) is 14.6. The Balaban J connectivity index is 1.72. The van der Waals surface area contributed by atoms with Crippen molar-refractivity contribution in [2.24, 2.45) is 5.92 Å². The number of alkyl carbamates (subject to hydrolysis) is 1. The number of esters is 1. The number of fused-ring (bicyclic) bond motifs is 5. The molecule has 3 amide bonds. The third-order valence-corrected chi connectivity index (χ3v) is 13.0. The van der Waals surface area contributed by atoms with Crippen molar-refractivity contribution in [2.75, 3.05) is 44.7 Å². The van der Waals surface area contributed by atoms with Crippen molar-refractivity contribution in [1.82, 2.24) is 10.2 Å². The van der Waals surface area contributed by atoms with Gasteiger partial charge in [-0.25, -0.2) is 9.59 Å². The van der Waals surface area contributed by atoms with E-state index in [9.17, 15) is 24.3 Å². The summed E-state index contributed by atoms with van der Waals surface area (Å²) in [5.41, 5.74) is -0.884. The van der Waals surface area contributed by atoms with Crippen molar-refractivity contribution >= 4 is 62.8 Å². The van der Waals surface area contributed by atoms with Crippen LogP contribution in [0.5, 0.6) is 5.75 Å². The Hall–Kier alpha value is -2.95. The molecule has 3 aliphatic heterocycles. The molecule has 0 saturated carbocycles. The summed E-state index contributed by atoms with van der Waals surface area (Å²) in [6.07, 6.45) is 1.26. The van der Waals surface area contributed by atoms with Gasteiger partial charge in [0.05, 0.1) is 25.3 Å². The molecule has 4 bridgehead atoms. The summed E-state index contributed by atoms with van der Waals surface area (Å²) in [5, 5.41) is 14.5. The number of carbonyl (C=O) groups excluding carboxylic acids is 4. The van der Waals surface area contributed by atoms with Crippen molar-refractivity contribution in [1.29, 1.82) is 0 Å². The van der Waals surface area contributed by atoms with Gasteiger partial charge in [0.25, 0.3) is 0 Å². The zero-order chi connectivity index (χ0) is 39.2. The third-order valence-electron chi connectivity index (χ3n) is 10.1. The largest absolute Gasteiger partial charge is 0.495 e. The first-order valence-electron chi connectivity index (χ1n) is 17.6. The van der Waals surface area contributed by atoms with Crippen molar-refractivity contribution in [2.45, 2.75) is 102 Å². The van der Waals surface area contributed by atoms with Crippen molar-refractivity contribution in [3.05, 3.63) is 46.5 Å². The summed E-state index contributed by atoms with van der Waals surface area (Å²) >= 11 is 6.76. The minimum atomic E-state index is -1.82. The lowest BCUT2D eigenvalue weighted by Crippen LogP contribution is -2.63. The highest BCUT2D eigenvalue weighted by Crippen LogP contribution is 2.49. The van der Waals surface area contributed by atoms with Crippen molar-refractivity contribution < 1.29 is 48.0 Å². The van der Waals surface area contributed by atoms with Crippen LogP contribution in [0, 0.1) is 5.92 Å². The second-order valence-electron chi connectivity index (χ2n) is 13.9. The van der Waals surface area contributed by atoms with Gasteiger partial charge in [-0.2, -0.15) is 0 Å². The summed E-state index contributed by atoms with van der Waals surface area (Å²) in [6.45, 7) is 9.07. The number of allylic oxidation sites excluding steroid dienone is 3. The summed E-state index contributed by atoms with van der Waals surface area (Å²) in [5.74, 6) is 0.0246. The first-order valence-corrected chi connectivity index (χ1v) is 20.4. The van der Waals surface area contributed by atoms with E-state index in [-0.39, 0.29) is 30.2 Å². The third kappa shape index (κ3) is 10.0. The number of hydrogen-bond acceptors (Lipinski definition) is 12. The molecule has 0 spiro atoms. The number of methoxy groups -OCH3 is 2. The minimum Gasteiger partial charge on any atom is -0.495 e. The standard InChI is InChI=1S/C37H52ClN3O10S2/c1-10-52-53-15-14-30(42)40(6)23(4)34(44)50-29-19-31(43)41(7)25-17-24(18-26(47-8)32(25)38)16-21(2)12-11-13-28(48-9)37(46)20-27(49-35(45)39-37)22(3)33-36(29,5)51-33/h11-13,17-18,22-23,27-29,33,46H,10,14-16,19-20H2,1-9H3,(H,39,45)/b13-11+,21-12+/t22-,23?,27?,28-,29+,33?,36?,37+/m1/s1. The minimum absolute atomic E-state index is 0.0450. The quantitative estimate of drug-likeness (QED) is 0.137. The Morgan fingerprint density at radius 3 is 2.62 bits per heavy atom. The maximum atomic E-state index is 14.1. The number of rotatable bonds is 10. The van der Waals surface area contributed by atoms with Crippen LogP contribution < -0.4 is 15.0 Å². The molecule has 2 N–H and O–H groups in total. The Morgan fingerprint density at radius 2 is 1.96 bits per heavy atom. The van der Waals surface area contributed by atoms with Gasteiger partial charge < -0.3 is 38.6 Å². The van der Waals surface area contributed by atoms with Gasteiger partial charge in [-0.3, -0.25) is 14.9 Å². The Bertz CT molecular complexity index is 1600. The van der Waals surface area contributed by atoms with E-state index in [1.807, 2.05) is 19.9 Å². The number of benzene rings is 1. The SMILES string of the molecule is CCSSCCC(=O)N(C)C(C)C(=O)O[C@H]1CC(=O)N(C)c2cc(cc(OC)c2Cl)C/C(C)=C/C=C/[C@@H](OC)[C@@]2(O)CC(OC(=O)N2)[C@@H](C)C2OC21C. The van der Waals surface area contributed by atoms with Crippen LogP contribution in [0.1, 0.15) is 59.4 Å². The molecule has 4 unspecified atom stereocenters. The molecule has 53 heavy (non-hydrogen) atoms. The van der Waals surface area contributed by atoms with Gasteiger partial charge in [0.1, 0.15) is 40.7 Å². The number of carbonyl (C=O) groups is 4. The first-order chi connectivity index (χ1) is 25.0. The predicted octanol–water partition coefficient (Wildman–Crippen LogP) is 5.31. The number of nitrogens with one attached hydrogen (secondary N) is 1. The summed E-state index contributed by atoms with van der Waals surface area (Å²) in [7, 11) is 9.31. The molecule has 16 heteroatoms. The highest BCUT2D eigenvalue weighted by Gasteiger charge is 2.64. The van der Waals surface area contributed by atoms with Gasteiger partial charge in [-0.1, -0.05) is 70.8 Å². The molecule has 3 heterocycles. The molecule has 3 aliphatic rings. The molecule has 1 aromatic rings. The number of nitrogens with zero attached hydrogens (tertiary/aromatic N) is 2. The van der Waals surface area contributed by atoms with E-state index in [4.69, 9.17) is 35.3 Å². The fourth-order valence-corrected chi connectivity index (χ4v) is 8.62. The van der Waals surface area contributed by atoms with E-state index in [0.29, 0.717) is 23.6 Å². The molecule has 2 saturated heterocycles. The maximum absolute atomic E-state index is 14.1. The van der Waals surface area contributed by atoms with Crippen LogP contribution in [-0.2, 0) is 39.8 Å². The van der Waals surface area contributed by atoms with E-state index < -0.39 is 65.7 Å². The molecule has 13 nitrogen and oxygen atoms in total. The van der Waals surface area contributed by atoms with Gasteiger partial charge in [0, 0.05) is 51.5 Å². The van der Waals surface area contributed by atoms with Crippen LogP contribution in [0.2, 0.25) is 5.02 Å². The van der Waals surface area contributed by atoms with E-state index in [1.54, 1.807) is 80.7 Å². The second kappa shape index (κ2) is 18.1. The lowest BCUT2D eigenvalue weighted by Gasteiger charge is -2.42. The number of epoxide rings is 1. The number of hydrogen-bond donors (Lipinski definition) is 2. The van der Waals surface area contributed by atoms with Crippen molar-refractivity contribution in [3.8, 4) is 5.75 Å².